The maximum atomic E-state index is 12.1. The van der Waals surface area contributed by atoms with Gasteiger partial charge in [-0.15, -0.1) is 0 Å². The van der Waals surface area contributed by atoms with Crippen molar-refractivity contribution in [2.45, 2.75) is 20.8 Å². The van der Waals surface area contributed by atoms with Gasteiger partial charge in [0.15, 0.2) is 6.61 Å². The summed E-state index contributed by atoms with van der Waals surface area (Å²) in [6.07, 6.45) is 0. The van der Waals surface area contributed by atoms with Gasteiger partial charge >= 0.3 is 5.97 Å². The van der Waals surface area contributed by atoms with Gasteiger partial charge in [0.2, 0.25) is 11.8 Å². The average Bonchev–Trinajstić information content (AvgIpc) is 2.57. The topological polar surface area (TPSA) is 105 Å². The molecule has 0 saturated carbocycles. The Morgan fingerprint density at radius 2 is 1.88 bits per heavy atom. The van der Waals surface area contributed by atoms with Crippen LogP contribution in [-0.2, 0) is 19.1 Å². The lowest BCUT2D eigenvalue weighted by molar-refractivity contribution is -0.138. The van der Waals surface area contributed by atoms with Crippen molar-refractivity contribution in [1.29, 1.82) is 0 Å². The maximum absolute atomic E-state index is 12.1. The van der Waals surface area contributed by atoms with Gasteiger partial charge in [0.05, 0.1) is 12.1 Å². The van der Waals surface area contributed by atoms with E-state index in [-0.39, 0.29) is 23.9 Å². The van der Waals surface area contributed by atoms with Gasteiger partial charge in [-0.05, 0) is 32.0 Å². The Balaban J connectivity index is 2.61. The minimum absolute atomic E-state index is 0.0846. The SMILES string of the molecule is CCNC(=O)CN(CC)C(=O)COC(=O)c1cccc(NC(C)=O)c1. The number of hydrogen-bond acceptors (Lipinski definition) is 5. The second-order valence-electron chi connectivity index (χ2n) is 5.20. The highest BCUT2D eigenvalue weighted by Crippen LogP contribution is 2.11. The number of amides is 3. The minimum Gasteiger partial charge on any atom is -0.452 e. The van der Waals surface area contributed by atoms with Crippen molar-refractivity contribution in [2.24, 2.45) is 0 Å². The molecule has 2 N–H and O–H groups in total. The number of nitrogens with one attached hydrogen (secondary N) is 2. The fraction of sp³-hybridized carbons (Fsp3) is 0.412. The summed E-state index contributed by atoms with van der Waals surface area (Å²) in [5.74, 6) is -1.67. The smallest absolute Gasteiger partial charge is 0.338 e. The van der Waals surface area contributed by atoms with Gasteiger partial charge in [-0.25, -0.2) is 4.79 Å². The summed E-state index contributed by atoms with van der Waals surface area (Å²) in [4.78, 5) is 48.0. The monoisotopic (exact) mass is 349 g/mol. The van der Waals surface area contributed by atoms with Crippen molar-refractivity contribution in [3.8, 4) is 0 Å². The predicted octanol–water partition coefficient (Wildman–Crippen LogP) is 0.786. The lowest BCUT2D eigenvalue weighted by Crippen LogP contribution is -2.42. The zero-order valence-electron chi connectivity index (χ0n) is 14.6. The summed E-state index contributed by atoms with van der Waals surface area (Å²) in [5, 5.41) is 5.16. The second-order valence-corrected chi connectivity index (χ2v) is 5.20. The molecule has 25 heavy (non-hydrogen) atoms. The number of nitrogens with zero attached hydrogens (tertiary/aromatic N) is 1. The first-order chi connectivity index (χ1) is 11.9. The molecule has 0 aromatic heterocycles. The van der Waals surface area contributed by atoms with E-state index in [1.807, 2.05) is 0 Å². The normalized spacial score (nSPS) is 9.88. The number of carbonyl (C=O) groups excluding carboxylic acids is 4. The van der Waals surface area contributed by atoms with Crippen LogP contribution >= 0.6 is 0 Å². The Hall–Kier alpha value is -2.90. The molecule has 0 bridgehead atoms. The molecule has 0 atom stereocenters. The molecule has 0 aliphatic rings. The van der Waals surface area contributed by atoms with Gasteiger partial charge in [-0.2, -0.15) is 0 Å². The van der Waals surface area contributed by atoms with Crippen molar-refractivity contribution in [2.75, 3.05) is 31.6 Å². The van der Waals surface area contributed by atoms with E-state index >= 15 is 0 Å². The third-order valence-corrected chi connectivity index (χ3v) is 3.19. The zero-order chi connectivity index (χ0) is 18.8. The molecular formula is C17H23N3O5. The molecule has 0 saturated heterocycles. The summed E-state index contributed by atoms with van der Waals surface area (Å²) >= 11 is 0. The molecule has 0 aliphatic carbocycles. The first-order valence-corrected chi connectivity index (χ1v) is 7.96. The molecule has 0 aliphatic heterocycles. The predicted molar refractivity (Wildman–Crippen MR) is 92.0 cm³/mol. The first-order valence-electron chi connectivity index (χ1n) is 7.96. The van der Waals surface area contributed by atoms with Crippen LogP contribution in [-0.4, -0.2) is 54.8 Å². The number of likely N-dealkylation sites (N-methyl/N-ethyl adjacent to an activating group) is 2. The minimum atomic E-state index is -0.686. The van der Waals surface area contributed by atoms with Crippen molar-refractivity contribution in [3.05, 3.63) is 29.8 Å². The quantitative estimate of drug-likeness (QED) is 0.675. The molecule has 3 amide bonds. The van der Waals surface area contributed by atoms with Crippen LogP contribution in [0, 0.1) is 0 Å². The highest BCUT2D eigenvalue weighted by Gasteiger charge is 2.17. The highest BCUT2D eigenvalue weighted by atomic mass is 16.5. The third kappa shape index (κ3) is 7.03. The van der Waals surface area contributed by atoms with Crippen LogP contribution in [0.25, 0.3) is 0 Å². The molecule has 1 rings (SSSR count). The van der Waals surface area contributed by atoms with Crippen LogP contribution < -0.4 is 10.6 Å². The lowest BCUT2D eigenvalue weighted by atomic mass is 10.2. The number of rotatable bonds is 8. The van der Waals surface area contributed by atoms with Crippen LogP contribution in [0.15, 0.2) is 24.3 Å². The number of ether oxygens (including phenoxy) is 1. The second kappa shape index (κ2) is 10.1. The molecule has 0 fully saturated rings. The molecule has 8 nitrogen and oxygen atoms in total. The Morgan fingerprint density at radius 1 is 1.16 bits per heavy atom. The Kier molecular flexibility index (Phi) is 8.11. The van der Waals surface area contributed by atoms with E-state index in [1.54, 1.807) is 26.0 Å². The summed E-state index contributed by atoms with van der Waals surface area (Å²) in [6, 6.07) is 6.20. The number of esters is 1. The number of carbonyl (C=O) groups is 4. The van der Waals surface area contributed by atoms with Gasteiger partial charge in [0.25, 0.3) is 5.91 Å². The van der Waals surface area contributed by atoms with Crippen molar-refractivity contribution in [1.82, 2.24) is 10.2 Å². The molecule has 0 radical (unpaired) electrons. The zero-order valence-corrected chi connectivity index (χ0v) is 14.6. The van der Waals surface area contributed by atoms with Gasteiger partial charge in [-0.3, -0.25) is 14.4 Å². The van der Waals surface area contributed by atoms with E-state index in [0.717, 1.165) is 0 Å². The van der Waals surface area contributed by atoms with Gasteiger partial charge in [0, 0.05) is 25.7 Å². The van der Waals surface area contributed by atoms with Crippen molar-refractivity contribution in [3.63, 3.8) is 0 Å². The van der Waals surface area contributed by atoms with Gasteiger partial charge < -0.3 is 20.3 Å². The molecule has 136 valence electrons. The van der Waals surface area contributed by atoms with Crippen molar-refractivity contribution < 1.29 is 23.9 Å². The Bertz CT molecular complexity index is 645. The maximum Gasteiger partial charge on any atom is 0.338 e. The van der Waals surface area contributed by atoms with Crippen molar-refractivity contribution >= 4 is 29.4 Å². The van der Waals surface area contributed by atoms with E-state index < -0.39 is 18.5 Å². The molecule has 0 heterocycles. The van der Waals surface area contributed by atoms with Crippen LogP contribution in [0.2, 0.25) is 0 Å². The van der Waals surface area contributed by atoms with E-state index in [9.17, 15) is 19.2 Å². The van der Waals surface area contributed by atoms with E-state index in [0.29, 0.717) is 18.8 Å². The molecule has 0 unspecified atom stereocenters. The summed E-state index contributed by atoms with van der Waals surface area (Å²) in [6.45, 7) is 5.13. The number of benzene rings is 1. The Labute approximate surface area is 146 Å². The molecule has 1 aromatic carbocycles. The Morgan fingerprint density at radius 3 is 2.48 bits per heavy atom. The largest absolute Gasteiger partial charge is 0.452 e. The lowest BCUT2D eigenvalue weighted by Gasteiger charge is -2.20. The van der Waals surface area contributed by atoms with Crippen LogP contribution in [0.5, 0.6) is 0 Å². The van der Waals surface area contributed by atoms with E-state index in [2.05, 4.69) is 10.6 Å². The highest BCUT2D eigenvalue weighted by molar-refractivity contribution is 5.95. The number of anilines is 1. The standard InChI is InChI=1S/C17H23N3O5/c1-4-18-15(22)10-20(5-2)16(23)11-25-17(24)13-7-6-8-14(9-13)19-12(3)21/h6-9H,4-5,10-11H2,1-3H3,(H,18,22)(H,19,21). The molecule has 8 heteroatoms. The van der Waals surface area contributed by atoms with Crippen LogP contribution in [0.1, 0.15) is 31.1 Å². The first kappa shape index (κ1) is 20.1. The van der Waals surface area contributed by atoms with Crippen LogP contribution in [0.4, 0.5) is 5.69 Å². The van der Waals surface area contributed by atoms with E-state index in [1.165, 1.54) is 24.0 Å². The molecule has 0 spiro atoms. The fourth-order valence-corrected chi connectivity index (χ4v) is 2.03. The van der Waals surface area contributed by atoms with Gasteiger partial charge in [-0.1, -0.05) is 6.07 Å². The summed E-state index contributed by atoms with van der Waals surface area (Å²) in [5.41, 5.74) is 0.672. The summed E-state index contributed by atoms with van der Waals surface area (Å²) < 4.78 is 5.00. The number of hydrogen-bond donors (Lipinski definition) is 2. The third-order valence-electron chi connectivity index (χ3n) is 3.19. The van der Waals surface area contributed by atoms with Crippen LogP contribution in [0.3, 0.4) is 0 Å². The van der Waals surface area contributed by atoms with Gasteiger partial charge in [0.1, 0.15) is 0 Å². The average molecular weight is 349 g/mol. The molecule has 1 aromatic rings. The molecular weight excluding hydrogens is 326 g/mol. The fourth-order valence-electron chi connectivity index (χ4n) is 2.03. The van der Waals surface area contributed by atoms with E-state index in [4.69, 9.17) is 4.74 Å². The summed E-state index contributed by atoms with van der Waals surface area (Å²) in [7, 11) is 0.